The monoisotopic (exact) mass is 497 g/mol. The first-order valence-corrected chi connectivity index (χ1v) is 13.5. The highest BCUT2D eigenvalue weighted by Gasteiger charge is 2.36. The first-order chi connectivity index (χ1) is 17.5. The fourth-order valence-electron chi connectivity index (χ4n) is 5.62. The Morgan fingerprint density at radius 2 is 1.86 bits per heavy atom. The molecule has 5 nitrogen and oxygen atoms in total. The normalized spacial score (nSPS) is 16.5. The average molecular weight is 498 g/mol. The summed E-state index contributed by atoms with van der Waals surface area (Å²) in [6.45, 7) is 4.71. The zero-order valence-electron chi connectivity index (χ0n) is 21.0. The number of anilines is 1. The number of aromatic nitrogens is 1. The highest BCUT2D eigenvalue weighted by atomic mass is 32.1. The molecule has 184 valence electrons. The molecule has 0 spiro atoms. The number of benzene rings is 2. The number of thiophene rings is 1. The molecule has 2 aromatic carbocycles. The van der Waals surface area contributed by atoms with Crippen molar-refractivity contribution < 1.29 is 9.53 Å². The van der Waals surface area contributed by atoms with E-state index in [1.165, 1.54) is 33.8 Å². The first-order valence-electron chi connectivity index (χ1n) is 12.6. The topological polar surface area (TPSA) is 46.5 Å². The molecule has 1 N–H and O–H groups in total. The SMILES string of the molecule is COc1cccc([C@H]2c3cccn3-c3sc4c(c3CN2C(=O)Nc2cccc(C)c2C)CCCC4)c1. The Labute approximate surface area is 216 Å². The third kappa shape index (κ3) is 3.80. The van der Waals surface area contributed by atoms with Crippen molar-refractivity contribution in [1.29, 1.82) is 0 Å². The van der Waals surface area contributed by atoms with Crippen LogP contribution in [0.3, 0.4) is 0 Å². The standard InChI is InChI=1S/C30H31N3O2S/c1-19-9-6-13-25(20(19)2)31-30(34)33-18-24-23-12-4-5-15-27(23)36-29(24)32-16-8-14-26(32)28(33)21-10-7-11-22(17-21)35-3/h6-11,13-14,16-17,28H,4-5,12,15,18H2,1-3H3,(H,31,34)/t28-/m0/s1. The zero-order valence-corrected chi connectivity index (χ0v) is 21.8. The van der Waals surface area contributed by atoms with Crippen molar-refractivity contribution in [3.05, 3.63) is 99.2 Å². The molecule has 0 bridgehead atoms. The largest absolute Gasteiger partial charge is 0.497 e. The van der Waals surface area contributed by atoms with E-state index in [1.807, 2.05) is 40.5 Å². The fraction of sp³-hybridized carbons (Fsp3) is 0.300. The number of nitrogens with zero attached hydrogens (tertiary/aromatic N) is 2. The molecule has 2 aromatic heterocycles. The van der Waals surface area contributed by atoms with Gasteiger partial charge in [-0.25, -0.2) is 4.79 Å². The third-order valence-corrected chi connectivity index (χ3v) is 9.03. The van der Waals surface area contributed by atoms with Crippen LogP contribution in [0, 0.1) is 13.8 Å². The Morgan fingerprint density at radius 3 is 2.72 bits per heavy atom. The van der Waals surface area contributed by atoms with E-state index in [1.54, 1.807) is 7.11 Å². The Bertz CT molecular complexity index is 1450. The number of carbonyl (C=O) groups excluding carboxylic acids is 1. The summed E-state index contributed by atoms with van der Waals surface area (Å²) in [4.78, 5) is 17.6. The van der Waals surface area contributed by atoms with Gasteiger partial charge in [-0.1, -0.05) is 24.3 Å². The molecule has 6 heteroatoms. The second-order valence-electron chi connectivity index (χ2n) is 9.78. The molecule has 0 radical (unpaired) electrons. The lowest BCUT2D eigenvalue weighted by molar-refractivity contribution is 0.194. The molecule has 36 heavy (non-hydrogen) atoms. The van der Waals surface area contributed by atoms with Crippen molar-refractivity contribution in [2.45, 2.75) is 52.1 Å². The summed E-state index contributed by atoms with van der Waals surface area (Å²) < 4.78 is 7.88. The van der Waals surface area contributed by atoms with E-state index < -0.39 is 0 Å². The number of hydrogen-bond donors (Lipinski definition) is 1. The summed E-state index contributed by atoms with van der Waals surface area (Å²) in [5.74, 6) is 0.789. The van der Waals surface area contributed by atoms with Gasteiger partial charge in [0.1, 0.15) is 10.8 Å². The second-order valence-corrected chi connectivity index (χ2v) is 10.9. The molecule has 6 rings (SSSR count). The molecule has 0 saturated heterocycles. The van der Waals surface area contributed by atoms with Crippen LogP contribution < -0.4 is 10.1 Å². The number of nitrogens with one attached hydrogen (secondary N) is 1. The van der Waals surface area contributed by atoms with Gasteiger partial charge in [-0.05, 0) is 92.1 Å². The highest BCUT2D eigenvalue weighted by Crippen LogP contribution is 2.44. The van der Waals surface area contributed by atoms with Crippen LogP contribution in [0.5, 0.6) is 5.75 Å². The van der Waals surface area contributed by atoms with Crippen molar-refractivity contribution in [2.75, 3.05) is 12.4 Å². The summed E-state index contributed by atoms with van der Waals surface area (Å²) in [6.07, 6.45) is 6.83. The zero-order chi connectivity index (χ0) is 24.8. The van der Waals surface area contributed by atoms with Crippen molar-refractivity contribution in [3.8, 4) is 10.8 Å². The van der Waals surface area contributed by atoms with Gasteiger partial charge in [-0.3, -0.25) is 0 Å². The molecule has 2 amide bonds. The molecule has 0 unspecified atom stereocenters. The molecular weight excluding hydrogens is 466 g/mol. The lowest BCUT2D eigenvalue weighted by Crippen LogP contribution is -2.38. The number of amides is 2. The molecule has 0 saturated carbocycles. The van der Waals surface area contributed by atoms with Crippen LogP contribution >= 0.6 is 11.3 Å². The average Bonchev–Trinajstić information content (AvgIpc) is 3.48. The smallest absolute Gasteiger partial charge is 0.322 e. The number of rotatable bonds is 3. The van der Waals surface area contributed by atoms with E-state index in [0.717, 1.165) is 46.7 Å². The van der Waals surface area contributed by atoms with Gasteiger partial charge in [0.15, 0.2) is 0 Å². The highest BCUT2D eigenvalue weighted by molar-refractivity contribution is 7.15. The van der Waals surface area contributed by atoms with Crippen molar-refractivity contribution in [2.24, 2.45) is 0 Å². The molecule has 0 fully saturated rings. The predicted octanol–water partition coefficient (Wildman–Crippen LogP) is 7.18. The van der Waals surface area contributed by atoms with E-state index in [9.17, 15) is 4.79 Å². The molecule has 2 aliphatic rings. The van der Waals surface area contributed by atoms with Gasteiger partial charge in [0, 0.05) is 22.3 Å². The summed E-state index contributed by atoms with van der Waals surface area (Å²) >= 11 is 1.91. The van der Waals surface area contributed by atoms with Gasteiger partial charge >= 0.3 is 6.03 Å². The van der Waals surface area contributed by atoms with Gasteiger partial charge in [0.05, 0.1) is 25.4 Å². The van der Waals surface area contributed by atoms with Crippen LogP contribution in [0.15, 0.2) is 60.8 Å². The fourth-order valence-corrected chi connectivity index (χ4v) is 7.03. The van der Waals surface area contributed by atoms with E-state index in [-0.39, 0.29) is 12.1 Å². The third-order valence-electron chi connectivity index (χ3n) is 7.70. The number of ether oxygens (including phenoxy) is 1. The maximum absolute atomic E-state index is 14.1. The summed E-state index contributed by atoms with van der Waals surface area (Å²) in [5.41, 5.74) is 8.00. The number of carbonyl (C=O) groups is 1. The molecule has 1 aliphatic carbocycles. The molecular formula is C30H31N3O2S. The Kier molecular flexibility index (Phi) is 5.84. The minimum absolute atomic E-state index is 0.0899. The number of urea groups is 1. The van der Waals surface area contributed by atoms with Crippen molar-refractivity contribution >= 4 is 23.1 Å². The van der Waals surface area contributed by atoms with Crippen molar-refractivity contribution in [1.82, 2.24) is 9.47 Å². The first kappa shape index (κ1) is 22.9. The summed E-state index contributed by atoms with van der Waals surface area (Å²) in [7, 11) is 1.68. The second kappa shape index (κ2) is 9.17. The van der Waals surface area contributed by atoms with Gasteiger partial charge in [0.2, 0.25) is 0 Å². The Hall–Kier alpha value is -3.51. The van der Waals surface area contributed by atoms with Crippen LogP contribution in [0.4, 0.5) is 10.5 Å². The van der Waals surface area contributed by atoms with Crippen molar-refractivity contribution in [3.63, 3.8) is 0 Å². The molecule has 1 atom stereocenters. The maximum atomic E-state index is 14.1. The van der Waals surface area contributed by atoms with Gasteiger partial charge < -0.3 is 19.5 Å². The quantitative estimate of drug-likeness (QED) is 0.326. The van der Waals surface area contributed by atoms with Crippen LogP contribution in [0.2, 0.25) is 0 Å². The molecule has 1 aliphatic heterocycles. The number of hydrogen-bond acceptors (Lipinski definition) is 3. The predicted molar refractivity (Wildman–Crippen MR) is 146 cm³/mol. The molecule has 3 heterocycles. The summed E-state index contributed by atoms with van der Waals surface area (Å²) in [6, 6.07) is 18.1. The van der Waals surface area contributed by atoms with Gasteiger partial charge in [0.25, 0.3) is 0 Å². The Balaban J connectivity index is 1.51. The van der Waals surface area contributed by atoms with Crippen LogP contribution in [-0.2, 0) is 19.4 Å². The number of methoxy groups -OCH3 is 1. The lowest BCUT2D eigenvalue weighted by Gasteiger charge is -2.32. The van der Waals surface area contributed by atoms with E-state index in [0.29, 0.717) is 6.54 Å². The van der Waals surface area contributed by atoms with E-state index in [2.05, 4.69) is 60.3 Å². The van der Waals surface area contributed by atoms with E-state index >= 15 is 0 Å². The van der Waals surface area contributed by atoms with Gasteiger partial charge in [-0.2, -0.15) is 0 Å². The van der Waals surface area contributed by atoms with Crippen LogP contribution in [-0.4, -0.2) is 22.6 Å². The minimum Gasteiger partial charge on any atom is -0.497 e. The van der Waals surface area contributed by atoms with Crippen LogP contribution in [0.1, 0.15) is 57.3 Å². The van der Waals surface area contributed by atoms with Gasteiger partial charge in [-0.15, -0.1) is 11.3 Å². The summed E-state index contributed by atoms with van der Waals surface area (Å²) in [5, 5.41) is 4.51. The van der Waals surface area contributed by atoms with E-state index in [4.69, 9.17) is 4.74 Å². The number of aryl methyl sites for hydroxylation is 2. The maximum Gasteiger partial charge on any atom is 0.322 e. The molecule has 4 aromatic rings. The Morgan fingerprint density at radius 1 is 1.03 bits per heavy atom. The minimum atomic E-state index is -0.251. The number of fused-ring (bicyclic) bond motifs is 5. The van der Waals surface area contributed by atoms with Crippen LogP contribution in [0.25, 0.3) is 5.00 Å². The lowest BCUT2D eigenvalue weighted by atomic mass is 9.95.